The summed E-state index contributed by atoms with van der Waals surface area (Å²) in [4.78, 5) is 16.2. The lowest BCUT2D eigenvalue weighted by Crippen LogP contribution is -2.23. The molecule has 0 saturated carbocycles. The standard InChI is InChI=1S/C15H17N3O/c1-11-9-12(6-7-14(11)16-2)15(19)18-10-13-5-3-4-8-17-13/h3-9,16H,10H2,1-2H3,(H,18,19). The third-order valence-electron chi connectivity index (χ3n) is 2.91. The van der Waals surface area contributed by atoms with E-state index < -0.39 is 0 Å². The summed E-state index contributed by atoms with van der Waals surface area (Å²) in [5.74, 6) is -0.0867. The number of amides is 1. The normalized spacial score (nSPS) is 10.0. The molecule has 0 aliphatic rings. The zero-order valence-corrected chi connectivity index (χ0v) is 11.1. The van der Waals surface area contributed by atoms with Gasteiger partial charge in [0.15, 0.2) is 0 Å². The van der Waals surface area contributed by atoms with Gasteiger partial charge in [-0.15, -0.1) is 0 Å². The highest BCUT2D eigenvalue weighted by atomic mass is 16.1. The van der Waals surface area contributed by atoms with E-state index >= 15 is 0 Å². The zero-order chi connectivity index (χ0) is 13.7. The average Bonchev–Trinajstić information content (AvgIpc) is 2.45. The predicted octanol–water partition coefficient (Wildman–Crippen LogP) is 2.36. The van der Waals surface area contributed by atoms with Crippen LogP contribution in [0.15, 0.2) is 42.6 Å². The Balaban J connectivity index is 2.02. The van der Waals surface area contributed by atoms with Gasteiger partial charge in [-0.3, -0.25) is 9.78 Å². The van der Waals surface area contributed by atoms with E-state index in [1.165, 1.54) is 0 Å². The van der Waals surface area contributed by atoms with Crippen molar-refractivity contribution in [1.82, 2.24) is 10.3 Å². The fourth-order valence-corrected chi connectivity index (χ4v) is 1.86. The lowest BCUT2D eigenvalue weighted by atomic mass is 10.1. The monoisotopic (exact) mass is 255 g/mol. The molecule has 1 aromatic heterocycles. The van der Waals surface area contributed by atoms with Crippen molar-refractivity contribution in [3.8, 4) is 0 Å². The number of hydrogen-bond donors (Lipinski definition) is 2. The smallest absolute Gasteiger partial charge is 0.251 e. The second-order valence-corrected chi connectivity index (χ2v) is 4.28. The first-order valence-electron chi connectivity index (χ1n) is 6.17. The number of anilines is 1. The number of rotatable bonds is 4. The van der Waals surface area contributed by atoms with Gasteiger partial charge in [0.2, 0.25) is 0 Å². The van der Waals surface area contributed by atoms with Gasteiger partial charge in [0.05, 0.1) is 12.2 Å². The van der Waals surface area contributed by atoms with Gasteiger partial charge < -0.3 is 10.6 Å². The van der Waals surface area contributed by atoms with Crippen molar-refractivity contribution in [3.63, 3.8) is 0 Å². The van der Waals surface area contributed by atoms with Crippen molar-refractivity contribution in [3.05, 3.63) is 59.4 Å². The van der Waals surface area contributed by atoms with Crippen LogP contribution in [0.5, 0.6) is 0 Å². The highest BCUT2D eigenvalue weighted by Gasteiger charge is 2.07. The number of pyridine rings is 1. The zero-order valence-electron chi connectivity index (χ0n) is 11.1. The topological polar surface area (TPSA) is 54.0 Å². The molecule has 98 valence electrons. The van der Waals surface area contributed by atoms with Gasteiger partial charge in [-0.2, -0.15) is 0 Å². The van der Waals surface area contributed by atoms with Gasteiger partial charge >= 0.3 is 0 Å². The summed E-state index contributed by atoms with van der Waals surface area (Å²) >= 11 is 0. The molecule has 0 aliphatic heterocycles. The molecule has 0 aliphatic carbocycles. The van der Waals surface area contributed by atoms with Crippen molar-refractivity contribution in [1.29, 1.82) is 0 Å². The van der Waals surface area contributed by atoms with Crippen LogP contribution in [0.4, 0.5) is 5.69 Å². The van der Waals surface area contributed by atoms with Crippen molar-refractivity contribution in [2.24, 2.45) is 0 Å². The second kappa shape index (κ2) is 6.00. The van der Waals surface area contributed by atoms with E-state index in [1.54, 1.807) is 6.20 Å². The number of aryl methyl sites for hydroxylation is 1. The Morgan fingerprint density at radius 3 is 2.74 bits per heavy atom. The van der Waals surface area contributed by atoms with Crippen LogP contribution in [0.1, 0.15) is 21.6 Å². The van der Waals surface area contributed by atoms with Crippen LogP contribution in [-0.4, -0.2) is 17.9 Å². The Morgan fingerprint density at radius 2 is 2.11 bits per heavy atom. The molecule has 0 radical (unpaired) electrons. The first kappa shape index (κ1) is 13.1. The van der Waals surface area contributed by atoms with Crippen LogP contribution >= 0.6 is 0 Å². The predicted molar refractivity (Wildman–Crippen MR) is 76.1 cm³/mol. The van der Waals surface area contributed by atoms with Crippen molar-refractivity contribution in [2.45, 2.75) is 13.5 Å². The number of carbonyl (C=O) groups excluding carboxylic acids is 1. The number of carbonyl (C=O) groups is 1. The molecule has 1 amide bonds. The third-order valence-corrected chi connectivity index (χ3v) is 2.91. The molecule has 0 bridgehead atoms. The van der Waals surface area contributed by atoms with Gasteiger partial charge in [-0.25, -0.2) is 0 Å². The fraction of sp³-hybridized carbons (Fsp3) is 0.200. The Kier molecular flexibility index (Phi) is 4.13. The van der Waals surface area contributed by atoms with Gasteiger partial charge in [0.25, 0.3) is 5.91 Å². The molecule has 0 atom stereocenters. The van der Waals surface area contributed by atoms with Crippen LogP contribution in [0, 0.1) is 6.92 Å². The molecule has 2 aromatic rings. The minimum absolute atomic E-state index is 0.0867. The highest BCUT2D eigenvalue weighted by molar-refractivity contribution is 5.94. The van der Waals surface area contributed by atoms with E-state index in [-0.39, 0.29) is 5.91 Å². The fourth-order valence-electron chi connectivity index (χ4n) is 1.86. The third kappa shape index (κ3) is 3.31. The molecule has 0 unspecified atom stereocenters. The quantitative estimate of drug-likeness (QED) is 0.881. The van der Waals surface area contributed by atoms with E-state index in [2.05, 4.69) is 15.6 Å². The summed E-state index contributed by atoms with van der Waals surface area (Å²) in [6.45, 7) is 2.41. The highest BCUT2D eigenvalue weighted by Crippen LogP contribution is 2.15. The summed E-state index contributed by atoms with van der Waals surface area (Å²) in [7, 11) is 1.86. The molecule has 1 heterocycles. The van der Waals surface area contributed by atoms with Crippen LogP contribution < -0.4 is 10.6 Å². The van der Waals surface area contributed by atoms with Crippen LogP contribution in [-0.2, 0) is 6.54 Å². The number of nitrogens with zero attached hydrogens (tertiary/aromatic N) is 1. The van der Waals surface area contributed by atoms with Crippen molar-refractivity contribution in [2.75, 3.05) is 12.4 Å². The number of nitrogens with one attached hydrogen (secondary N) is 2. The molecule has 4 nitrogen and oxygen atoms in total. The summed E-state index contributed by atoms with van der Waals surface area (Å²) < 4.78 is 0. The molecule has 2 N–H and O–H groups in total. The molecule has 1 aromatic carbocycles. The number of aromatic nitrogens is 1. The van der Waals surface area contributed by atoms with E-state index in [4.69, 9.17) is 0 Å². The first-order chi connectivity index (χ1) is 9.20. The maximum absolute atomic E-state index is 12.0. The molecule has 0 spiro atoms. The largest absolute Gasteiger partial charge is 0.388 e. The van der Waals surface area contributed by atoms with Crippen LogP contribution in [0.2, 0.25) is 0 Å². The van der Waals surface area contributed by atoms with Crippen LogP contribution in [0.25, 0.3) is 0 Å². The van der Waals surface area contributed by atoms with Gasteiger partial charge in [-0.05, 0) is 42.8 Å². The molecule has 0 fully saturated rings. The number of hydrogen-bond acceptors (Lipinski definition) is 3. The van der Waals surface area contributed by atoms with E-state index in [0.29, 0.717) is 12.1 Å². The molecule has 4 heteroatoms. The lowest BCUT2D eigenvalue weighted by molar-refractivity contribution is 0.0950. The Hall–Kier alpha value is -2.36. The van der Waals surface area contributed by atoms with E-state index in [0.717, 1.165) is 16.9 Å². The first-order valence-corrected chi connectivity index (χ1v) is 6.17. The Morgan fingerprint density at radius 1 is 1.26 bits per heavy atom. The average molecular weight is 255 g/mol. The summed E-state index contributed by atoms with van der Waals surface area (Å²) in [5.41, 5.74) is 3.58. The lowest BCUT2D eigenvalue weighted by Gasteiger charge is -2.08. The van der Waals surface area contributed by atoms with Crippen molar-refractivity contribution >= 4 is 11.6 Å². The molecule has 0 saturated heterocycles. The minimum atomic E-state index is -0.0867. The Bertz CT molecular complexity index is 567. The van der Waals surface area contributed by atoms with Crippen molar-refractivity contribution < 1.29 is 4.79 Å². The molecular weight excluding hydrogens is 238 g/mol. The van der Waals surface area contributed by atoms with Gasteiger partial charge in [0.1, 0.15) is 0 Å². The van der Waals surface area contributed by atoms with Gasteiger partial charge in [-0.1, -0.05) is 6.07 Å². The second-order valence-electron chi connectivity index (χ2n) is 4.28. The molecular formula is C15H17N3O. The van der Waals surface area contributed by atoms with E-state index in [1.807, 2.05) is 50.4 Å². The van der Waals surface area contributed by atoms with Gasteiger partial charge in [0, 0.05) is 24.5 Å². The SMILES string of the molecule is CNc1ccc(C(=O)NCc2ccccn2)cc1C. The maximum atomic E-state index is 12.0. The maximum Gasteiger partial charge on any atom is 0.251 e. The minimum Gasteiger partial charge on any atom is -0.388 e. The summed E-state index contributed by atoms with van der Waals surface area (Å²) in [6, 6.07) is 11.2. The summed E-state index contributed by atoms with van der Waals surface area (Å²) in [6.07, 6.45) is 1.72. The summed E-state index contributed by atoms with van der Waals surface area (Å²) in [5, 5.41) is 5.94. The Labute approximate surface area is 112 Å². The number of benzene rings is 1. The van der Waals surface area contributed by atoms with E-state index in [9.17, 15) is 4.79 Å². The molecule has 19 heavy (non-hydrogen) atoms. The van der Waals surface area contributed by atoms with Crippen LogP contribution in [0.3, 0.4) is 0 Å². The molecule has 2 rings (SSSR count).